The van der Waals surface area contributed by atoms with E-state index in [0.717, 1.165) is 12.8 Å². The molecule has 1 aliphatic rings. The van der Waals surface area contributed by atoms with Crippen LogP contribution in [0.3, 0.4) is 0 Å². The third-order valence-corrected chi connectivity index (χ3v) is 3.23. The second-order valence-electron chi connectivity index (χ2n) is 4.23. The third kappa shape index (κ3) is 2.56. The highest BCUT2D eigenvalue weighted by molar-refractivity contribution is 6.32. The van der Waals surface area contributed by atoms with Crippen molar-refractivity contribution < 1.29 is 9.53 Å². The summed E-state index contributed by atoms with van der Waals surface area (Å²) in [7, 11) is 0. The van der Waals surface area contributed by atoms with Gasteiger partial charge in [-0.3, -0.25) is 4.79 Å². The number of hydrogen-bond acceptors (Lipinski definition) is 2. The molecule has 0 N–H and O–H groups in total. The SMILES string of the molecule is CC(=O)c1ccc(OC2CCCC2)c(Cl)c1. The average Bonchev–Trinajstić information content (AvgIpc) is 2.73. The molecule has 0 bridgehead atoms. The lowest BCUT2D eigenvalue weighted by molar-refractivity contribution is 0.101. The van der Waals surface area contributed by atoms with Crippen molar-refractivity contribution in [2.45, 2.75) is 38.7 Å². The van der Waals surface area contributed by atoms with Crippen LogP contribution in [0, 0.1) is 0 Å². The van der Waals surface area contributed by atoms with Crippen LogP contribution in [0.15, 0.2) is 18.2 Å². The van der Waals surface area contributed by atoms with Crippen molar-refractivity contribution in [2.24, 2.45) is 0 Å². The summed E-state index contributed by atoms with van der Waals surface area (Å²) in [6, 6.07) is 5.23. The highest BCUT2D eigenvalue weighted by Crippen LogP contribution is 2.30. The maximum atomic E-state index is 11.2. The topological polar surface area (TPSA) is 26.3 Å². The highest BCUT2D eigenvalue weighted by Gasteiger charge is 2.17. The fraction of sp³-hybridized carbons (Fsp3) is 0.462. The second kappa shape index (κ2) is 4.88. The Morgan fingerprint density at radius 2 is 2.06 bits per heavy atom. The Labute approximate surface area is 101 Å². The van der Waals surface area contributed by atoms with Crippen molar-refractivity contribution in [3.05, 3.63) is 28.8 Å². The Bertz CT molecular complexity index is 395. The van der Waals surface area contributed by atoms with Crippen LogP contribution >= 0.6 is 11.6 Å². The van der Waals surface area contributed by atoms with Crippen molar-refractivity contribution in [1.82, 2.24) is 0 Å². The van der Waals surface area contributed by atoms with Gasteiger partial charge in [-0.2, -0.15) is 0 Å². The van der Waals surface area contributed by atoms with Crippen molar-refractivity contribution >= 4 is 17.4 Å². The summed E-state index contributed by atoms with van der Waals surface area (Å²) in [6.45, 7) is 1.53. The molecule has 0 amide bonds. The molecule has 1 aromatic carbocycles. The molecular weight excluding hydrogens is 224 g/mol. The standard InChI is InChI=1S/C13H15ClO2/c1-9(15)10-6-7-13(12(14)8-10)16-11-4-2-3-5-11/h6-8,11H,2-5H2,1H3. The van der Waals surface area contributed by atoms with E-state index < -0.39 is 0 Å². The Morgan fingerprint density at radius 3 is 2.62 bits per heavy atom. The maximum Gasteiger partial charge on any atom is 0.159 e. The summed E-state index contributed by atoms with van der Waals surface area (Å²) in [5.41, 5.74) is 0.628. The molecule has 0 radical (unpaired) electrons. The number of hydrogen-bond donors (Lipinski definition) is 0. The minimum Gasteiger partial charge on any atom is -0.489 e. The van der Waals surface area contributed by atoms with Crippen molar-refractivity contribution in [3.8, 4) is 5.75 Å². The molecule has 0 aliphatic heterocycles. The van der Waals surface area contributed by atoms with Crippen LogP contribution in [0.5, 0.6) is 5.75 Å². The molecule has 1 fully saturated rings. The number of ketones is 1. The van der Waals surface area contributed by atoms with Gasteiger partial charge in [0, 0.05) is 5.56 Å². The Hall–Kier alpha value is -1.02. The van der Waals surface area contributed by atoms with E-state index in [1.165, 1.54) is 19.8 Å². The number of benzene rings is 1. The summed E-state index contributed by atoms with van der Waals surface area (Å²) in [6.07, 6.45) is 4.96. The second-order valence-corrected chi connectivity index (χ2v) is 4.63. The van der Waals surface area contributed by atoms with Gasteiger partial charge in [-0.15, -0.1) is 0 Å². The minimum absolute atomic E-state index is 0.0225. The summed E-state index contributed by atoms with van der Waals surface area (Å²) in [5, 5.41) is 0.527. The molecule has 1 aromatic rings. The van der Waals surface area contributed by atoms with Crippen molar-refractivity contribution in [3.63, 3.8) is 0 Å². The minimum atomic E-state index is 0.0225. The van der Waals surface area contributed by atoms with Gasteiger partial charge in [-0.1, -0.05) is 11.6 Å². The molecule has 0 aromatic heterocycles. The zero-order valence-electron chi connectivity index (χ0n) is 9.33. The van der Waals surface area contributed by atoms with Gasteiger partial charge in [0.05, 0.1) is 11.1 Å². The van der Waals surface area contributed by atoms with Gasteiger partial charge >= 0.3 is 0 Å². The van der Waals surface area contributed by atoms with E-state index in [0.29, 0.717) is 22.4 Å². The summed E-state index contributed by atoms with van der Waals surface area (Å²) < 4.78 is 5.80. The van der Waals surface area contributed by atoms with Gasteiger partial charge in [0.25, 0.3) is 0 Å². The van der Waals surface area contributed by atoms with Crippen LogP contribution in [0.25, 0.3) is 0 Å². The maximum absolute atomic E-state index is 11.2. The molecule has 16 heavy (non-hydrogen) atoms. The van der Waals surface area contributed by atoms with Crippen molar-refractivity contribution in [2.75, 3.05) is 0 Å². The first-order chi connectivity index (χ1) is 7.66. The van der Waals surface area contributed by atoms with Crippen LogP contribution < -0.4 is 4.74 Å². The quantitative estimate of drug-likeness (QED) is 0.748. The highest BCUT2D eigenvalue weighted by atomic mass is 35.5. The van der Waals surface area contributed by atoms with Gasteiger partial charge in [0.15, 0.2) is 5.78 Å². The lowest BCUT2D eigenvalue weighted by atomic mass is 10.1. The number of carbonyl (C=O) groups is 1. The van der Waals surface area contributed by atoms with E-state index in [2.05, 4.69) is 0 Å². The number of halogens is 1. The van der Waals surface area contributed by atoms with Gasteiger partial charge in [0.2, 0.25) is 0 Å². The summed E-state index contributed by atoms with van der Waals surface area (Å²) in [4.78, 5) is 11.2. The molecular formula is C13H15ClO2. The zero-order chi connectivity index (χ0) is 11.5. The molecule has 86 valence electrons. The molecule has 0 unspecified atom stereocenters. The molecule has 0 saturated heterocycles. The molecule has 1 aliphatic carbocycles. The molecule has 0 spiro atoms. The van der Waals surface area contributed by atoms with Gasteiger partial charge in [-0.25, -0.2) is 0 Å². The van der Waals surface area contributed by atoms with E-state index in [4.69, 9.17) is 16.3 Å². The third-order valence-electron chi connectivity index (χ3n) is 2.93. The smallest absolute Gasteiger partial charge is 0.159 e. The fourth-order valence-corrected chi connectivity index (χ4v) is 2.23. The van der Waals surface area contributed by atoms with Crippen LogP contribution in [-0.4, -0.2) is 11.9 Å². The average molecular weight is 239 g/mol. The first kappa shape index (κ1) is 11.5. The zero-order valence-corrected chi connectivity index (χ0v) is 10.1. The molecule has 0 heterocycles. The van der Waals surface area contributed by atoms with Crippen LogP contribution in [-0.2, 0) is 0 Å². The predicted molar refractivity (Wildman–Crippen MR) is 64.3 cm³/mol. The molecule has 2 rings (SSSR count). The summed E-state index contributed by atoms with van der Waals surface area (Å²) >= 11 is 6.07. The Kier molecular flexibility index (Phi) is 3.49. The lowest BCUT2D eigenvalue weighted by Gasteiger charge is -2.14. The van der Waals surface area contributed by atoms with Crippen LogP contribution in [0.1, 0.15) is 43.0 Å². The molecule has 1 saturated carbocycles. The van der Waals surface area contributed by atoms with Gasteiger partial charge < -0.3 is 4.74 Å². The fourth-order valence-electron chi connectivity index (χ4n) is 2.00. The van der Waals surface area contributed by atoms with E-state index in [1.54, 1.807) is 18.2 Å². The van der Waals surface area contributed by atoms with E-state index in [-0.39, 0.29) is 5.78 Å². The lowest BCUT2D eigenvalue weighted by Crippen LogP contribution is -2.11. The largest absolute Gasteiger partial charge is 0.489 e. The summed E-state index contributed by atoms with van der Waals surface area (Å²) in [5.74, 6) is 0.716. The number of rotatable bonds is 3. The van der Waals surface area contributed by atoms with Gasteiger partial charge in [-0.05, 0) is 50.8 Å². The first-order valence-corrected chi connectivity index (χ1v) is 6.02. The molecule has 2 nitrogen and oxygen atoms in total. The number of ether oxygens (including phenoxy) is 1. The first-order valence-electron chi connectivity index (χ1n) is 5.64. The van der Waals surface area contributed by atoms with Crippen LogP contribution in [0.4, 0.5) is 0 Å². The van der Waals surface area contributed by atoms with Gasteiger partial charge in [0.1, 0.15) is 5.75 Å². The van der Waals surface area contributed by atoms with Crippen molar-refractivity contribution in [1.29, 1.82) is 0 Å². The Balaban J connectivity index is 2.12. The predicted octanol–water partition coefficient (Wildman–Crippen LogP) is 3.86. The number of Topliss-reactive ketones (excluding diaryl/α,β-unsaturated/α-hetero) is 1. The normalized spacial score (nSPS) is 16.4. The molecule has 3 heteroatoms. The molecule has 0 atom stereocenters. The Morgan fingerprint density at radius 1 is 1.38 bits per heavy atom. The van der Waals surface area contributed by atoms with E-state index >= 15 is 0 Å². The monoisotopic (exact) mass is 238 g/mol. The van der Waals surface area contributed by atoms with Crippen LogP contribution in [0.2, 0.25) is 5.02 Å². The van der Waals surface area contributed by atoms with E-state index in [1.807, 2.05) is 0 Å². The van der Waals surface area contributed by atoms with E-state index in [9.17, 15) is 4.79 Å². The number of carbonyl (C=O) groups excluding carboxylic acids is 1.